The molecule has 19 heavy (non-hydrogen) atoms. The number of likely N-dealkylation sites (N-methyl/N-ethyl adjacent to an activating group) is 1. The Kier molecular flexibility index (Phi) is 4.60. The summed E-state index contributed by atoms with van der Waals surface area (Å²) in [7, 11) is -1.09. The van der Waals surface area contributed by atoms with Gasteiger partial charge in [-0.2, -0.15) is 0 Å². The molecule has 1 aliphatic heterocycles. The fraction of sp³-hybridized carbons (Fsp3) is 0.571. The molecule has 1 aromatic rings. The molecule has 0 spiro atoms. The van der Waals surface area contributed by atoms with Gasteiger partial charge in [0.1, 0.15) is 9.84 Å². The molecule has 0 fully saturated rings. The Morgan fingerprint density at radius 3 is 2.84 bits per heavy atom. The van der Waals surface area contributed by atoms with E-state index in [9.17, 15) is 8.42 Å². The number of benzene rings is 1. The lowest BCUT2D eigenvalue weighted by Crippen LogP contribution is -2.37. The van der Waals surface area contributed by atoms with Gasteiger partial charge in [-0.15, -0.1) is 0 Å². The van der Waals surface area contributed by atoms with Crippen molar-refractivity contribution in [3.8, 4) is 0 Å². The summed E-state index contributed by atoms with van der Waals surface area (Å²) >= 11 is 0. The quantitative estimate of drug-likeness (QED) is 0.885. The predicted molar refractivity (Wildman–Crippen MR) is 76.0 cm³/mol. The second-order valence-electron chi connectivity index (χ2n) is 5.05. The first-order valence-electron chi connectivity index (χ1n) is 6.55. The monoisotopic (exact) mass is 283 g/mol. The third-order valence-corrected chi connectivity index (χ3v) is 4.54. The lowest BCUT2D eigenvalue weighted by atomic mass is 9.92. The molecule has 0 bridgehead atoms. The third kappa shape index (κ3) is 3.78. The van der Waals surface area contributed by atoms with Crippen molar-refractivity contribution in [1.82, 2.24) is 5.32 Å². The minimum absolute atomic E-state index is 0.0242. The summed E-state index contributed by atoms with van der Waals surface area (Å²) in [6, 6.07) is 8.25. The zero-order valence-corrected chi connectivity index (χ0v) is 12.2. The molecule has 2 rings (SSSR count). The van der Waals surface area contributed by atoms with Crippen molar-refractivity contribution in [3.05, 3.63) is 35.4 Å². The van der Waals surface area contributed by atoms with Crippen molar-refractivity contribution in [2.45, 2.75) is 25.0 Å². The van der Waals surface area contributed by atoms with E-state index in [-0.39, 0.29) is 17.9 Å². The molecule has 0 aliphatic carbocycles. The van der Waals surface area contributed by atoms with Gasteiger partial charge in [0.05, 0.1) is 18.5 Å². The van der Waals surface area contributed by atoms with Crippen molar-refractivity contribution < 1.29 is 13.2 Å². The van der Waals surface area contributed by atoms with E-state index >= 15 is 0 Å². The topological polar surface area (TPSA) is 55.4 Å². The number of fused-ring (bicyclic) bond motifs is 1. The highest BCUT2D eigenvalue weighted by molar-refractivity contribution is 7.90. The molecular weight excluding hydrogens is 262 g/mol. The maximum Gasteiger partial charge on any atom is 0.147 e. The molecule has 1 aromatic carbocycles. The maximum absolute atomic E-state index is 11.3. The van der Waals surface area contributed by atoms with Gasteiger partial charge in [0, 0.05) is 12.3 Å². The zero-order chi connectivity index (χ0) is 13.9. The number of rotatable bonds is 5. The van der Waals surface area contributed by atoms with Crippen LogP contribution < -0.4 is 5.32 Å². The van der Waals surface area contributed by atoms with Gasteiger partial charge in [0.2, 0.25) is 0 Å². The van der Waals surface area contributed by atoms with Gasteiger partial charge >= 0.3 is 0 Å². The van der Waals surface area contributed by atoms with Gasteiger partial charge in [-0.25, -0.2) is 8.42 Å². The molecular formula is C14H21NO3S. The van der Waals surface area contributed by atoms with Gasteiger partial charge < -0.3 is 10.1 Å². The number of hydrogen-bond donors (Lipinski definition) is 1. The van der Waals surface area contributed by atoms with E-state index in [1.165, 1.54) is 17.4 Å². The van der Waals surface area contributed by atoms with Crippen molar-refractivity contribution in [1.29, 1.82) is 0 Å². The van der Waals surface area contributed by atoms with Crippen LogP contribution in [0.5, 0.6) is 0 Å². The summed E-state index contributed by atoms with van der Waals surface area (Å²) in [5, 5.41) is 3.20. The molecule has 5 heteroatoms. The number of hydrogen-bond acceptors (Lipinski definition) is 4. The molecule has 0 aromatic heterocycles. The molecule has 0 radical (unpaired) electrons. The number of ether oxygens (including phenoxy) is 1. The van der Waals surface area contributed by atoms with Crippen LogP contribution in [0.3, 0.4) is 0 Å². The van der Waals surface area contributed by atoms with E-state index in [1.807, 2.05) is 19.2 Å². The van der Waals surface area contributed by atoms with E-state index in [1.54, 1.807) is 0 Å². The molecule has 1 N–H and O–H groups in total. The minimum atomic E-state index is -2.94. The summed E-state index contributed by atoms with van der Waals surface area (Å²) in [5.74, 6) is 0.181. The average Bonchev–Trinajstić information content (AvgIpc) is 2.38. The third-order valence-electron chi connectivity index (χ3n) is 3.57. The SMILES string of the molecule is CNC(CCS(C)(=O)=O)C1OCCc2ccccc21. The van der Waals surface area contributed by atoms with Crippen molar-refractivity contribution in [2.75, 3.05) is 25.7 Å². The van der Waals surface area contributed by atoms with Crippen LogP contribution in [-0.2, 0) is 21.0 Å². The second-order valence-corrected chi connectivity index (χ2v) is 7.31. The van der Waals surface area contributed by atoms with E-state index in [2.05, 4.69) is 17.4 Å². The Balaban J connectivity index is 2.16. The van der Waals surface area contributed by atoms with Crippen LogP contribution in [0.15, 0.2) is 24.3 Å². The van der Waals surface area contributed by atoms with Crippen LogP contribution in [-0.4, -0.2) is 40.1 Å². The lowest BCUT2D eigenvalue weighted by Gasteiger charge is -2.32. The van der Waals surface area contributed by atoms with Crippen molar-refractivity contribution >= 4 is 9.84 Å². The first-order valence-corrected chi connectivity index (χ1v) is 8.61. The molecule has 0 saturated carbocycles. The highest BCUT2D eigenvalue weighted by atomic mass is 32.2. The largest absolute Gasteiger partial charge is 0.372 e. The average molecular weight is 283 g/mol. The van der Waals surface area contributed by atoms with Gasteiger partial charge in [0.25, 0.3) is 0 Å². The standard InChI is InChI=1S/C14H21NO3S/c1-15-13(8-10-19(2,16)17)14-12-6-4-3-5-11(12)7-9-18-14/h3-6,13-15H,7-10H2,1-2H3. The van der Waals surface area contributed by atoms with Crippen LogP contribution in [0.25, 0.3) is 0 Å². The molecule has 2 atom stereocenters. The first-order chi connectivity index (χ1) is 9.01. The summed E-state index contributed by atoms with van der Waals surface area (Å²) in [6.07, 6.45) is 2.70. The molecule has 0 saturated heterocycles. The van der Waals surface area contributed by atoms with Crippen molar-refractivity contribution in [2.24, 2.45) is 0 Å². The van der Waals surface area contributed by atoms with Gasteiger partial charge in [-0.3, -0.25) is 0 Å². The smallest absolute Gasteiger partial charge is 0.147 e. The van der Waals surface area contributed by atoms with Gasteiger partial charge in [-0.05, 0) is 31.0 Å². The zero-order valence-electron chi connectivity index (χ0n) is 11.4. The predicted octanol–water partition coefficient (Wildman–Crippen LogP) is 1.32. The van der Waals surface area contributed by atoms with E-state index in [0.717, 1.165) is 6.42 Å². The maximum atomic E-state index is 11.3. The molecule has 106 valence electrons. The Bertz CT molecular complexity index is 527. The highest BCUT2D eigenvalue weighted by Gasteiger charge is 2.28. The summed E-state index contributed by atoms with van der Waals surface area (Å²) in [6.45, 7) is 0.693. The van der Waals surface area contributed by atoms with Crippen LogP contribution >= 0.6 is 0 Å². The second kappa shape index (κ2) is 6.03. The summed E-state index contributed by atoms with van der Waals surface area (Å²) in [4.78, 5) is 0. The summed E-state index contributed by atoms with van der Waals surface area (Å²) in [5.41, 5.74) is 2.49. The highest BCUT2D eigenvalue weighted by Crippen LogP contribution is 2.30. The normalized spacial score (nSPS) is 20.8. The van der Waals surface area contributed by atoms with Crippen LogP contribution in [0.4, 0.5) is 0 Å². The van der Waals surface area contributed by atoms with Gasteiger partial charge in [-0.1, -0.05) is 24.3 Å². The Morgan fingerprint density at radius 1 is 1.42 bits per heavy atom. The number of sulfone groups is 1. The Hall–Kier alpha value is -0.910. The fourth-order valence-electron chi connectivity index (χ4n) is 2.55. The van der Waals surface area contributed by atoms with Crippen LogP contribution in [0, 0.1) is 0 Å². The molecule has 1 heterocycles. The molecule has 0 amide bonds. The van der Waals surface area contributed by atoms with Crippen LogP contribution in [0.2, 0.25) is 0 Å². The first kappa shape index (κ1) is 14.5. The molecule has 1 aliphatic rings. The summed E-state index contributed by atoms with van der Waals surface area (Å²) < 4.78 is 28.5. The number of nitrogens with one attached hydrogen (secondary N) is 1. The van der Waals surface area contributed by atoms with E-state index < -0.39 is 9.84 Å². The van der Waals surface area contributed by atoms with Crippen LogP contribution in [0.1, 0.15) is 23.7 Å². The molecule has 4 nitrogen and oxygen atoms in total. The minimum Gasteiger partial charge on any atom is -0.372 e. The van der Waals surface area contributed by atoms with Gasteiger partial charge in [0.15, 0.2) is 0 Å². The van der Waals surface area contributed by atoms with Crippen molar-refractivity contribution in [3.63, 3.8) is 0 Å². The Labute approximate surface area is 115 Å². The molecule has 2 unspecified atom stereocenters. The van der Waals surface area contributed by atoms with E-state index in [4.69, 9.17) is 4.74 Å². The lowest BCUT2D eigenvalue weighted by molar-refractivity contribution is 0.0165. The fourth-order valence-corrected chi connectivity index (χ4v) is 3.23. The Morgan fingerprint density at radius 2 is 2.16 bits per heavy atom. The van der Waals surface area contributed by atoms with E-state index in [0.29, 0.717) is 13.0 Å².